The number of aliphatic hydroxyl groups is 1. The monoisotopic (exact) mass is 255 g/mol. The summed E-state index contributed by atoms with van der Waals surface area (Å²) < 4.78 is 0. The largest absolute Gasteiger partial charge is 0.395 e. The van der Waals surface area contributed by atoms with E-state index >= 15 is 0 Å². The Kier molecular flexibility index (Phi) is 6.94. The van der Waals surface area contributed by atoms with E-state index in [0.717, 1.165) is 19.3 Å². The number of likely N-dealkylation sites (tertiary alicyclic amines) is 1. The zero-order chi connectivity index (χ0) is 13.4. The highest BCUT2D eigenvalue weighted by atomic mass is 16.3. The van der Waals surface area contributed by atoms with E-state index in [1.807, 2.05) is 0 Å². The maximum absolute atomic E-state index is 11.9. The van der Waals surface area contributed by atoms with Crippen LogP contribution in [0.2, 0.25) is 0 Å². The molecule has 0 saturated carbocycles. The third-order valence-electron chi connectivity index (χ3n) is 3.57. The summed E-state index contributed by atoms with van der Waals surface area (Å²) in [6.07, 6.45) is 8.36. The van der Waals surface area contributed by atoms with Crippen LogP contribution in [0.1, 0.15) is 58.3 Å². The maximum atomic E-state index is 11.9. The molecule has 0 radical (unpaired) electrons. The summed E-state index contributed by atoms with van der Waals surface area (Å²) in [7, 11) is 0. The zero-order valence-electron chi connectivity index (χ0n) is 11.4. The highest BCUT2D eigenvalue weighted by Gasteiger charge is 2.37. The smallest absolute Gasteiger partial charge is 0.232 e. The first kappa shape index (κ1) is 15.2. The van der Waals surface area contributed by atoms with Gasteiger partial charge in [0.25, 0.3) is 0 Å². The average Bonchev–Trinajstić information content (AvgIpc) is 2.62. The molecular weight excluding hydrogens is 230 g/mol. The molecule has 4 nitrogen and oxygen atoms in total. The summed E-state index contributed by atoms with van der Waals surface area (Å²) in [5.74, 6) is -0.331. The van der Waals surface area contributed by atoms with Crippen LogP contribution < -0.4 is 0 Å². The lowest BCUT2D eigenvalue weighted by molar-refractivity contribution is -0.139. The Morgan fingerprint density at radius 2 is 1.83 bits per heavy atom. The van der Waals surface area contributed by atoms with Crippen molar-refractivity contribution in [3.8, 4) is 0 Å². The normalized spacial score (nSPS) is 19.9. The van der Waals surface area contributed by atoms with Crippen molar-refractivity contribution in [3.05, 3.63) is 0 Å². The van der Waals surface area contributed by atoms with Crippen molar-refractivity contribution < 1.29 is 14.7 Å². The van der Waals surface area contributed by atoms with Gasteiger partial charge in [-0.3, -0.25) is 14.5 Å². The van der Waals surface area contributed by atoms with Crippen molar-refractivity contribution in [1.82, 2.24) is 4.90 Å². The maximum Gasteiger partial charge on any atom is 0.232 e. The van der Waals surface area contributed by atoms with Crippen LogP contribution in [-0.4, -0.2) is 35.0 Å². The predicted octanol–water partition coefficient (Wildman–Crippen LogP) is 2.10. The van der Waals surface area contributed by atoms with E-state index in [1.54, 1.807) is 0 Å². The van der Waals surface area contributed by atoms with Crippen LogP contribution >= 0.6 is 0 Å². The van der Waals surface area contributed by atoms with Gasteiger partial charge < -0.3 is 5.11 Å². The molecule has 0 bridgehead atoms. The summed E-state index contributed by atoms with van der Waals surface area (Å²) >= 11 is 0. The van der Waals surface area contributed by atoms with E-state index in [2.05, 4.69) is 6.92 Å². The number of nitrogens with zero attached hydrogens (tertiary/aromatic N) is 1. The Bertz CT molecular complexity index is 278. The molecule has 1 aliphatic heterocycles. The minimum absolute atomic E-state index is 0.0809. The number of aliphatic hydroxyl groups excluding tert-OH is 1. The van der Waals surface area contributed by atoms with Gasteiger partial charge in [-0.05, 0) is 6.42 Å². The fraction of sp³-hybridized carbons (Fsp3) is 0.857. The lowest BCUT2D eigenvalue weighted by atomic mass is 9.99. The van der Waals surface area contributed by atoms with Crippen molar-refractivity contribution in [1.29, 1.82) is 0 Å². The van der Waals surface area contributed by atoms with Crippen molar-refractivity contribution in [2.45, 2.75) is 58.3 Å². The van der Waals surface area contributed by atoms with Gasteiger partial charge in [0, 0.05) is 12.3 Å². The number of hydrogen-bond donors (Lipinski definition) is 1. The molecule has 1 heterocycles. The van der Waals surface area contributed by atoms with Gasteiger partial charge in [0.1, 0.15) is 0 Å². The number of rotatable bonds is 9. The molecule has 0 aromatic rings. The lowest BCUT2D eigenvalue weighted by Gasteiger charge is -2.12. The van der Waals surface area contributed by atoms with E-state index in [0.29, 0.717) is 6.42 Å². The first-order chi connectivity index (χ1) is 8.70. The Balaban J connectivity index is 2.19. The molecule has 1 N–H and O–H groups in total. The summed E-state index contributed by atoms with van der Waals surface area (Å²) in [6.45, 7) is 2.21. The molecule has 1 unspecified atom stereocenters. The second-order valence-electron chi connectivity index (χ2n) is 5.06. The molecule has 1 fully saturated rings. The van der Waals surface area contributed by atoms with Gasteiger partial charge in [0.2, 0.25) is 11.8 Å². The summed E-state index contributed by atoms with van der Waals surface area (Å²) in [4.78, 5) is 24.6. The number of imide groups is 1. The van der Waals surface area contributed by atoms with Gasteiger partial charge in [0.15, 0.2) is 0 Å². The first-order valence-corrected chi connectivity index (χ1v) is 7.15. The Hall–Kier alpha value is -0.900. The van der Waals surface area contributed by atoms with E-state index in [9.17, 15) is 9.59 Å². The quantitative estimate of drug-likeness (QED) is 0.507. The number of β-amino-alcohol motifs (C(OH)–C–C–N with tert-alkyl or cyclic N) is 1. The molecule has 18 heavy (non-hydrogen) atoms. The molecule has 1 rings (SSSR count). The molecule has 1 aliphatic rings. The van der Waals surface area contributed by atoms with E-state index < -0.39 is 0 Å². The first-order valence-electron chi connectivity index (χ1n) is 7.15. The van der Waals surface area contributed by atoms with Gasteiger partial charge in [-0.25, -0.2) is 0 Å². The SMILES string of the molecule is CCCCCCCCC1CC(=O)N(CCO)C1=O. The van der Waals surface area contributed by atoms with Crippen LogP contribution in [0, 0.1) is 5.92 Å². The standard InChI is InChI=1S/C14H25NO3/c1-2-3-4-5-6-7-8-12-11-13(17)15(9-10-16)14(12)18/h12,16H,2-11H2,1H3. The third kappa shape index (κ3) is 4.41. The number of amides is 2. The van der Waals surface area contributed by atoms with Gasteiger partial charge in [0.05, 0.1) is 13.2 Å². The highest BCUT2D eigenvalue weighted by molar-refractivity contribution is 6.03. The molecule has 0 aromatic carbocycles. The molecule has 1 saturated heterocycles. The minimum Gasteiger partial charge on any atom is -0.395 e. The Morgan fingerprint density at radius 3 is 2.50 bits per heavy atom. The van der Waals surface area contributed by atoms with Crippen molar-refractivity contribution >= 4 is 11.8 Å². The summed E-state index contributed by atoms with van der Waals surface area (Å²) in [6, 6.07) is 0. The fourth-order valence-corrected chi connectivity index (χ4v) is 2.48. The zero-order valence-corrected chi connectivity index (χ0v) is 11.4. The van der Waals surface area contributed by atoms with Gasteiger partial charge in [-0.2, -0.15) is 0 Å². The highest BCUT2D eigenvalue weighted by Crippen LogP contribution is 2.24. The van der Waals surface area contributed by atoms with Crippen LogP contribution in [0.25, 0.3) is 0 Å². The number of carbonyl (C=O) groups excluding carboxylic acids is 2. The van der Waals surface area contributed by atoms with Crippen LogP contribution in [0.4, 0.5) is 0 Å². The lowest BCUT2D eigenvalue weighted by Crippen LogP contribution is -2.33. The van der Waals surface area contributed by atoms with Gasteiger partial charge in [-0.1, -0.05) is 45.4 Å². The molecule has 0 spiro atoms. The predicted molar refractivity (Wildman–Crippen MR) is 69.9 cm³/mol. The second-order valence-corrected chi connectivity index (χ2v) is 5.06. The van der Waals surface area contributed by atoms with E-state index in [-0.39, 0.29) is 30.9 Å². The van der Waals surface area contributed by atoms with Crippen LogP contribution in [0.5, 0.6) is 0 Å². The minimum atomic E-state index is -0.138. The molecule has 4 heteroatoms. The van der Waals surface area contributed by atoms with E-state index in [4.69, 9.17) is 5.11 Å². The topological polar surface area (TPSA) is 57.6 Å². The molecule has 104 valence electrons. The number of unbranched alkanes of at least 4 members (excludes halogenated alkanes) is 5. The summed E-state index contributed by atoms with van der Waals surface area (Å²) in [5.41, 5.74) is 0. The third-order valence-corrected chi connectivity index (χ3v) is 3.57. The number of carbonyl (C=O) groups is 2. The molecule has 0 aliphatic carbocycles. The molecule has 1 atom stereocenters. The van der Waals surface area contributed by atoms with Crippen molar-refractivity contribution in [2.24, 2.45) is 5.92 Å². The second kappa shape index (κ2) is 8.25. The van der Waals surface area contributed by atoms with Crippen molar-refractivity contribution in [2.75, 3.05) is 13.2 Å². The van der Waals surface area contributed by atoms with Crippen molar-refractivity contribution in [3.63, 3.8) is 0 Å². The number of hydrogen-bond acceptors (Lipinski definition) is 3. The molecule has 0 aromatic heterocycles. The van der Waals surface area contributed by atoms with E-state index in [1.165, 1.54) is 30.6 Å². The average molecular weight is 255 g/mol. The summed E-state index contributed by atoms with van der Waals surface area (Å²) in [5, 5.41) is 8.80. The van der Waals surface area contributed by atoms with Crippen LogP contribution in [0.15, 0.2) is 0 Å². The Morgan fingerprint density at radius 1 is 1.17 bits per heavy atom. The van der Waals surface area contributed by atoms with Crippen LogP contribution in [-0.2, 0) is 9.59 Å². The van der Waals surface area contributed by atoms with Gasteiger partial charge in [-0.15, -0.1) is 0 Å². The molecule has 2 amide bonds. The molecular formula is C14H25NO3. The van der Waals surface area contributed by atoms with Gasteiger partial charge >= 0.3 is 0 Å². The fourth-order valence-electron chi connectivity index (χ4n) is 2.48. The van der Waals surface area contributed by atoms with Crippen LogP contribution in [0.3, 0.4) is 0 Å². The Labute approximate surface area is 109 Å².